The average molecular weight is 254 g/mol. The van der Waals surface area contributed by atoms with Crippen LogP contribution in [0.15, 0.2) is 17.5 Å². The number of hydrogen-bond donors (Lipinski definition) is 1. The number of piperidine rings is 1. The number of nitrogens with two attached hydrogens (primary N) is 1. The number of amides is 1. The van der Waals surface area contributed by atoms with Crippen molar-refractivity contribution < 1.29 is 4.79 Å². The van der Waals surface area contributed by atoms with Gasteiger partial charge >= 0.3 is 0 Å². The Balaban J connectivity index is 2.17. The summed E-state index contributed by atoms with van der Waals surface area (Å²) in [6.45, 7) is 0.763. The van der Waals surface area contributed by atoms with Crippen molar-refractivity contribution >= 4 is 34.5 Å². The van der Waals surface area contributed by atoms with Gasteiger partial charge in [-0.15, -0.1) is 11.3 Å². The van der Waals surface area contributed by atoms with E-state index in [0.29, 0.717) is 4.99 Å². The van der Waals surface area contributed by atoms with Crippen molar-refractivity contribution in [1.82, 2.24) is 4.90 Å². The Labute approximate surface area is 104 Å². The molecule has 0 spiro atoms. The second-order valence-corrected chi connectivity index (χ2v) is 5.31. The molecule has 1 saturated heterocycles. The second kappa shape index (κ2) is 4.93. The van der Waals surface area contributed by atoms with Crippen molar-refractivity contribution in [3.8, 4) is 0 Å². The molecule has 2 N–H and O–H groups in total. The summed E-state index contributed by atoms with van der Waals surface area (Å²) in [4.78, 5) is 15.2. The minimum absolute atomic E-state index is 0.0571. The molecule has 0 saturated carbocycles. The lowest BCUT2D eigenvalue weighted by molar-refractivity contribution is 0.0686. The molecule has 1 aromatic rings. The van der Waals surface area contributed by atoms with Crippen molar-refractivity contribution in [3.63, 3.8) is 0 Å². The maximum atomic E-state index is 12.2. The Hall–Kier alpha value is -0.940. The van der Waals surface area contributed by atoms with E-state index < -0.39 is 0 Å². The number of thiocarbonyl (C=S) groups is 1. The van der Waals surface area contributed by atoms with Crippen molar-refractivity contribution in [2.45, 2.75) is 25.3 Å². The molecule has 1 aromatic heterocycles. The third kappa shape index (κ3) is 2.25. The minimum atomic E-state index is -0.0571. The van der Waals surface area contributed by atoms with Gasteiger partial charge in [0.2, 0.25) is 0 Å². The summed E-state index contributed by atoms with van der Waals surface area (Å²) < 4.78 is 0. The van der Waals surface area contributed by atoms with Gasteiger partial charge in [0, 0.05) is 6.54 Å². The Morgan fingerprint density at radius 3 is 3.00 bits per heavy atom. The van der Waals surface area contributed by atoms with Crippen LogP contribution in [0.25, 0.3) is 0 Å². The van der Waals surface area contributed by atoms with E-state index in [0.717, 1.165) is 30.7 Å². The molecule has 5 heteroatoms. The first kappa shape index (κ1) is 11.5. The first-order valence-electron chi connectivity index (χ1n) is 5.34. The quantitative estimate of drug-likeness (QED) is 0.821. The van der Waals surface area contributed by atoms with Gasteiger partial charge in [0.15, 0.2) is 0 Å². The molecule has 2 rings (SSSR count). The first-order chi connectivity index (χ1) is 7.70. The molecule has 1 aliphatic rings. The molecule has 1 aliphatic heterocycles. The molecular weight excluding hydrogens is 240 g/mol. The summed E-state index contributed by atoms with van der Waals surface area (Å²) in [6.07, 6.45) is 3.03. The second-order valence-electron chi connectivity index (χ2n) is 3.89. The van der Waals surface area contributed by atoms with Gasteiger partial charge in [0.25, 0.3) is 5.91 Å². The molecule has 1 unspecified atom stereocenters. The largest absolute Gasteiger partial charge is 0.392 e. The third-order valence-electron chi connectivity index (χ3n) is 2.82. The fourth-order valence-electron chi connectivity index (χ4n) is 2.01. The number of rotatable bonds is 2. The number of thiophene rings is 1. The van der Waals surface area contributed by atoms with E-state index in [9.17, 15) is 4.79 Å². The molecule has 1 amide bonds. The molecule has 1 fully saturated rings. The van der Waals surface area contributed by atoms with Crippen LogP contribution in [-0.4, -0.2) is 28.4 Å². The molecule has 2 heterocycles. The van der Waals surface area contributed by atoms with Gasteiger partial charge in [-0.3, -0.25) is 4.79 Å². The Morgan fingerprint density at radius 1 is 1.56 bits per heavy atom. The highest BCUT2D eigenvalue weighted by molar-refractivity contribution is 7.80. The fourth-order valence-corrected chi connectivity index (χ4v) is 2.94. The Kier molecular flexibility index (Phi) is 3.56. The minimum Gasteiger partial charge on any atom is -0.392 e. The maximum absolute atomic E-state index is 12.2. The van der Waals surface area contributed by atoms with Crippen LogP contribution in [0.4, 0.5) is 0 Å². The van der Waals surface area contributed by atoms with Gasteiger partial charge in [-0.1, -0.05) is 18.3 Å². The normalized spacial score (nSPS) is 20.8. The van der Waals surface area contributed by atoms with E-state index in [2.05, 4.69) is 0 Å². The summed E-state index contributed by atoms with van der Waals surface area (Å²) in [6, 6.07) is 3.67. The SMILES string of the molecule is NC(=S)C1CCCCN1C(=O)c1cccs1. The number of nitrogens with zero attached hydrogens (tertiary/aromatic N) is 1. The smallest absolute Gasteiger partial charge is 0.264 e. The maximum Gasteiger partial charge on any atom is 0.264 e. The molecule has 86 valence electrons. The number of likely N-dealkylation sites (tertiary alicyclic amines) is 1. The molecule has 0 aliphatic carbocycles. The molecule has 1 atom stereocenters. The Morgan fingerprint density at radius 2 is 2.38 bits per heavy atom. The molecule has 0 aromatic carbocycles. The molecule has 3 nitrogen and oxygen atoms in total. The van der Waals surface area contributed by atoms with Crippen molar-refractivity contribution in [2.24, 2.45) is 5.73 Å². The Bertz CT molecular complexity index is 389. The number of hydrogen-bond acceptors (Lipinski definition) is 3. The number of carbonyl (C=O) groups is 1. The number of carbonyl (C=O) groups excluding carboxylic acids is 1. The van der Waals surface area contributed by atoms with Crippen LogP contribution in [0.3, 0.4) is 0 Å². The van der Waals surface area contributed by atoms with Crippen molar-refractivity contribution in [1.29, 1.82) is 0 Å². The van der Waals surface area contributed by atoms with E-state index in [1.807, 2.05) is 22.4 Å². The zero-order valence-corrected chi connectivity index (χ0v) is 10.5. The van der Waals surface area contributed by atoms with Gasteiger partial charge in [-0.25, -0.2) is 0 Å². The van der Waals surface area contributed by atoms with Crippen LogP contribution >= 0.6 is 23.6 Å². The van der Waals surface area contributed by atoms with Crippen LogP contribution in [0.2, 0.25) is 0 Å². The highest BCUT2D eigenvalue weighted by Gasteiger charge is 2.29. The van der Waals surface area contributed by atoms with Crippen LogP contribution < -0.4 is 5.73 Å². The van der Waals surface area contributed by atoms with Gasteiger partial charge < -0.3 is 10.6 Å². The van der Waals surface area contributed by atoms with Gasteiger partial charge in [-0.05, 0) is 30.7 Å². The zero-order chi connectivity index (χ0) is 11.5. The van der Waals surface area contributed by atoms with E-state index in [1.165, 1.54) is 11.3 Å². The summed E-state index contributed by atoms with van der Waals surface area (Å²) in [5, 5.41) is 1.91. The van der Waals surface area contributed by atoms with Crippen LogP contribution in [0.5, 0.6) is 0 Å². The third-order valence-corrected chi connectivity index (χ3v) is 3.95. The lowest BCUT2D eigenvalue weighted by Gasteiger charge is -2.34. The fraction of sp³-hybridized carbons (Fsp3) is 0.455. The van der Waals surface area contributed by atoms with Crippen molar-refractivity contribution in [2.75, 3.05) is 6.54 Å². The van der Waals surface area contributed by atoms with Crippen LogP contribution in [0.1, 0.15) is 28.9 Å². The van der Waals surface area contributed by atoms with Crippen molar-refractivity contribution in [3.05, 3.63) is 22.4 Å². The summed E-state index contributed by atoms with van der Waals surface area (Å²) in [5.74, 6) is 0.0625. The average Bonchev–Trinajstić information content (AvgIpc) is 2.81. The summed E-state index contributed by atoms with van der Waals surface area (Å²) in [5.41, 5.74) is 5.69. The standard InChI is InChI=1S/C11H14N2OS2/c12-10(15)8-4-1-2-6-13(8)11(14)9-5-3-7-16-9/h3,5,7-8H,1-2,4,6H2,(H2,12,15). The molecule has 0 radical (unpaired) electrons. The van der Waals surface area contributed by atoms with E-state index in [-0.39, 0.29) is 11.9 Å². The lowest BCUT2D eigenvalue weighted by atomic mass is 10.0. The summed E-state index contributed by atoms with van der Waals surface area (Å²) in [7, 11) is 0. The predicted molar refractivity (Wildman–Crippen MR) is 69.8 cm³/mol. The van der Waals surface area contributed by atoms with E-state index >= 15 is 0 Å². The molecular formula is C11H14N2OS2. The topological polar surface area (TPSA) is 46.3 Å². The van der Waals surface area contributed by atoms with Crippen LogP contribution in [-0.2, 0) is 0 Å². The zero-order valence-electron chi connectivity index (χ0n) is 8.89. The summed E-state index contributed by atoms with van der Waals surface area (Å²) >= 11 is 6.49. The lowest BCUT2D eigenvalue weighted by Crippen LogP contribution is -2.49. The van der Waals surface area contributed by atoms with Gasteiger partial charge in [-0.2, -0.15) is 0 Å². The highest BCUT2D eigenvalue weighted by atomic mass is 32.1. The van der Waals surface area contributed by atoms with Crippen LogP contribution in [0, 0.1) is 0 Å². The highest BCUT2D eigenvalue weighted by Crippen LogP contribution is 2.21. The van der Waals surface area contributed by atoms with E-state index in [4.69, 9.17) is 18.0 Å². The molecule has 0 bridgehead atoms. The molecule has 16 heavy (non-hydrogen) atoms. The van der Waals surface area contributed by atoms with E-state index in [1.54, 1.807) is 0 Å². The first-order valence-corrected chi connectivity index (χ1v) is 6.62. The van der Waals surface area contributed by atoms with Gasteiger partial charge in [0.05, 0.1) is 15.9 Å². The van der Waals surface area contributed by atoms with Gasteiger partial charge in [0.1, 0.15) is 0 Å². The predicted octanol–water partition coefficient (Wildman–Crippen LogP) is 2.03. The monoisotopic (exact) mass is 254 g/mol.